The minimum absolute atomic E-state index is 0.137. The Bertz CT molecular complexity index is 947. The first-order valence-electron chi connectivity index (χ1n) is 10.3. The number of aliphatic hydroxyl groups is 1. The van der Waals surface area contributed by atoms with E-state index in [-0.39, 0.29) is 11.3 Å². The summed E-state index contributed by atoms with van der Waals surface area (Å²) in [5, 5.41) is 11.0. The third-order valence-electron chi connectivity index (χ3n) is 5.87. The number of Topliss-reactive ketones (excluding diaryl/α,β-unsaturated/α-hetero) is 1. The average molecular weight is 406 g/mol. The Kier molecular flexibility index (Phi) is 5.86. The van der Waals surface area contributed by atoms with Crippen molar-refractivity contribution in [3.8, 4) is 5.75 Å². The molecule has 0 aromatic heterocycles. The van der Waals surface area contributed by atoms with Crippen molar-refractivity contribution in [3.63, 3.8) is 0 Å². The van der Waals surface area contributed by atoms with Gasteiger partial charge in [-0.1, -0.05) is 42.5 Å². The summed E-state index contributed by atoms with van der Waals surface area (Å²) in [6, 6.07) is 15.6. The molecular weight excluding hydrogens is 380 g/mol. The van der Waals surface area contributed by atoms with Crippen LogP contribution in [0.3, 0.4) is 0 Å². The van der Waals surface area contributed by atoms with E-state index in [1.807, 2.05) is 18.2 Å². The van der Waals surface area contributed by atoms with E-state index in [2.05, 4.69) is 4.90 Å². The molecule has 2 fully saturated rings. The lowest BCUT2D eigenvalue weighted by Crippen LogP contribution is -2.37. The fourth-order valence-corrected chi connectivity index (χ4v) is 4.25. The smallest absolute Gasteiger partial charge is 0.295 e. The maximum absolute atomic E-state index is 13.0. The quantitative estimate of drug-likeness (QED) is 0.453. The second-order valence-electron chi connectivity index (χ2n) is 7.68. The molecule has 0 bridgehead atoms. The van der Waals surface area contributed by atoms with Gasteiger partial charge in [-0.3, -0.25) is 9.59 Å². The van der Waals surface area contributed by atoms with Crippen LogP contribution in [0.5, 0.6) is 5.75 Å². The maximum Gasteiger partial charge on any atom is 0.295 e. The molecular formula is C24H26N2O4. The Balaban J connectivity index is 1.74. The van der Waals surface area contributed by atoms with Crippen molar-refractivity contribution in [2.24, 2.45) is 0 Å². The van der Waals surface area contributed by atoms with E-state index in [0.717, 1.165) is 31.5 Å². The van der Waals surface area contributed by atoms with Gasteiger partial charge < -0.3 is 19.6 Å². The topological polar surface area (TPSA) is 70.1 Å². The molecule has 0 spiro atoms. The molecule has 30 heavy (non-hydrogen) atoms. The van der Waals surface area contributed by atoms with Crippen LogP contribution in [-0.4, -0.2) is 59.9 Å². The van der Waals surface area contributed by atoms with Crippen molar-refractivity contribution < 1.29 is 19.4 Å². The Morgan fingerprint density at radius 2 is 1.67 bits per heavy atom. The fraction of sp³-hybridized carbons (Fsp3) is 0.333. The number of aliphatic hydroxyl groups excluding tert-OH is 1. The number of carbonyl (C=O) groups excluding carboxylic acids is 2. The van der Waals surface area contributed by atoms with Crippen LogP contribution in [0.2, 0.25) is 0 Å². The van der Waals surface area contributed by atoms with Crippen LogP contribution in [0, 0.1) is 0 Å². The normalized spacial score (nSPS) is 21.4. The van der Waals surface area contributed by atoms with Crippen LogP contribution in [0.25, 0.3) is 5.76 Å². The van der Waals surface area contributed by atoms with E-state index in [9.17, 15) is 14.7 Å². The standard InChI is InChI=1S/C24H26N2O4/c1-30-19-11-9-17(10-12-19)21-20(22(27)18-7-3-2-4-8-18)23(28)24(29)26(21)16-15-25-13-5-6-14-25/h2-4,7-12,21,27H,5-6,13-16H2,1H3/b22-20+. The molecule has 6 nitrogen and oxygen atoms in total. The lowest BCUT2D eigenvalue weighted by atomic mass is 9.95. The van der Waals surface area contributed by atoms with Gasteiger partial charge in [0.15, 0.2) is 0 Å². The molecule has 1 unspecified atom stereocenters. The van der Waals surface area contributed by atoms with Gasteiger partial charge in [-0.05, 0) is 43.6 Å². The molecule has 0 aliphatic carbocycles. The van der Waals surface area contributed by atoms with E-state index in [4.69, 9.17) is 4.74 Å². The van der Waals surface area contributed by atoms with Crippen LogP contribution in [0.1, 0.15) is 30.0 Å². The van der Waals surface area contributed by atoms with Crippen molar-refractivity contribution in [1.82, 2.24) is 9.80 Å². The number of benzene rings is 2. The average Bonchev–Trinajstić information content (AvgIpc) is 3.39. The Labute approximate surface area is 176 Å². The first-order valence-corrected chi connectivity index (χ1v) is 10.3. The van der Waals surface area contributed by atoms with Crippen molar-refractivity contribution in [1.29, 1.82) is 0 Å². The minimum Gasteiger partial charge on any atom is -0.507 e. The monoisotopic (exact) mass is 406 g/mol. The lowest BCUT2D eigenvalue weighted by molar-refractivity contribution is -0.140. The fourth-order valence-electron chi connectivity index (χ4n) is 4.25. The maximum atomic E-state index is 13.0. The molecule has 2 aliphatic heterocycles. The zero-order valence-electron chi connectivity index (χ0n) is 17.1. The van der Waals surface area contributed by atoms with E-state index in [1.165, 1.54) is 0 Å². The number of hydrogen-bond donors (Lipinski definition) is 1. The molecule has 2 saturated heterocycles. The number of ketones is 1. The molecule has 2 aromatic carbocycles. The Morgan fingerprint density at radius 3 is 2.30 bits per heavy atom. The second-order valence-corrected chi connectivity index (χ2v) is 7.68. The van der Waals surface area contributed by atoms with Gasteiger partial charge >= 0.3 is 0 Å². The zero-order chi connectivity index (χ0) is 21.1. The first-order chi connectivity index (χ1) is 14.6. The van der Waals surface area contributed by atoms with Crippen molar-refractivity contribution in [3.05, 3.63) is 71.3 Å². The van der Waals surface area contributed by atoms with Crippen LogP contribution < -0.4 is 4.74 Å². The highest BCUT2D eigenvalue weighted by Crippen LogP contribution is 2.39. The van der Waals surface area contributed by atoms with Crippen LogP contribution in [0.15, 0.2) is 60.2 Å². The number of ether oxygens (including phenoxy) is 1. The molecule has 0 radical (unpaired) electrons. The third-order valence-corrected chi connectivity index (χ3v) is 5.87. The summed E-state index contributed by atoms with van der Waals surface area (Å²) in [6.07, 6.45) is 2.32. The molecule has 6 heteroatoms. The highest BCUT2D eigenvalue weighted by molar-refractivity contribution is 6.46. The molecule has 2 aliphatic rings. The number of likely N-dealkylation sites (tertiary alicyclic amines) is 2. The van der Waals surface area contributed by atoms with E-state index < -0.39 is 17.7 Å². The summed E-state index contributed by atoms with van der Waals surface area (Å²) in [5.74, 6) is -0.652. The number of hydrogen-bond acceptors (Lipinski definition) is 5. The molecule has 2 aromatic rings. The number of methoxy groups -OCH3 is 1. The predicted octanol–water partition coefficient (Wildman–Crippen LogP) is 3.21. The Hall–Kier alpha value is -3.12. The molecule has 2 heterocycles. The summed E-state index contributed by atoms with van der Waals surface area (Å²) in [7, 11) is 1.59. The highest BCUT2D eigenvalue weighted by atomic mass is 16.5. The van der Waals surface area contributed by atoms with Crippen LogP contribution in [0.4, 0.5) is 0 Å². The molecule has 4 rings (SSSR count). The largest absolute Gasteiger partial charge is 0.507 e. The summed E-state index contributed by atoms with van der Waals surface area (Å²) < 4.78 is 5.24. The molecule has 1 amide bonds. The zero-order valence-corrected chi connectivity index (χ0v) is 17.1. The van der Waals surface area contributed by atoms with Crippen molar-refractivity contribution >= 4 is 17.4 Å². The van der Waals surface area contributed by atoms with Gasteiger partial charge in [0, 0.05) is 18.7 Å². The SMILES string of the molecule is COc1ccc(C2/C(=C(\O)c3ccccc3)C(=O)C(=O)N2CCN2CCCC2)cc1. The second kappa shape index (κ2) is 8.71. The molecule has 1 atom stereocenters. The van der Waals surface area contributed by atoms with Gasteiger partial charge in [-0.2, -0.15) is 0 Å². The van der Waals surface area contributed by atoms with E-state index >= 15 is 0 Å². The first kappa shape index (κ1) is 20.2. The minimum atomic E-state index is -0.640. The summed E-state index contributed by atoms with van der Waals surface area (Å²) in [4.78, 5) is 29.8. The highest BCUT2D eigenvalue weighted by Gasteiger charge is 2.46. The van der Waals surface area contributed by atoms with Gasteiger partial charge in [0.1, 0.15) is 11.5 Å². The van der Waals surface area contributed by atoms with Gasteiger partial charge in [0.25, 0.3) is 11.7 Å². The van der Waals surface area contributed by atoms with E-state index in [0.29, 0.717) is 24.4 Å². The third kappa shape index (κ3) is 3.83. The van der Waals surface area contributed by atoms with Crippen molar-refractivity contribution in [2.75, 3.05) is 33.3 Å². The van der Waals surface area contributed by atoms with Gasteiger partial charge in [0.2, 0.25) is 0 Å². The lowest BCUT2D eigenvalue weighted by Gasteiger charge is -2.27. The molecule has 156 valence electrons. The van der Waals surface area contributed by atoms with Gasteiger partial charge in [-0.25, -0.2) is 0 Å². The van der Waals surface area contributed by atoms with Gasteiger partial charge in [-0.15, -0.1) is 0 Å². The summed E-state index contributed by atoms with van der Waals surface area (Å²) in [6.45, 7) is 3.18. The van der Waals surface area contributed by atoms with Crippen molar-refractivity contribution in [2.45, 2.75) is 18.9 Å². The van der Waals surface area contributed by atoms with Crippen LogP contribution >= 0.6 is 0 Å². The number of nitrogens with zero attached hydrogens (tertiary/aromatic N) is 2. The number of carbonyl (C=O) groups is 2. The number of rotatable bonds is 6. The molecule has 0 saturated carbocycles. The van der Waals surface area contributed by atoms with Gasteiger partial charge in [0.05, 0.1) is 18.7 Å². The van der Waals surface area contributed by atoms with E-state index in [1.54, 1.807) is 48.4 Å². The Morgan fingerprint density at radius 1 is 1.00 bits per heavy atom. The molecule has 1 N–H and O–H groups in total. The number of amides is 1. The summed E-state index contributed by atoms with van der Waals surface area (Å²) in [5.41, 5.74) is 1.43. The summed E-state index contributed by atoms with van der Waals surface area (Å²) >= 11 is 0. The predicted molar refractivity (Wildman–Crippen MR) is 114 cm³/mol. The van der Waals surface area contributed by atoms with Crippen LogP contribution in [-0.2, 0) is 9.59 Å².